The summed E-state index contributed by atoms with van der Waals surface area (Å²) in [6.45, 7) is 10.1. The van der Waals surface area contributed by atoms with Crippen LogP contribution >= 0.6 is 11.6 Å². The van der Waals surface area contributed by atoms with Crippen molar-refractivity contribution < 1.29 is 0 Å². The lowest BCUT2D eigenvalue weighted by Crippen LogP contribution is -2.20. The summed E-state index contributed by atoms with van der Waals surface area (Å²) in [6, 6.07) is 0. The second-order valence-corrected chi connectivity index (χ2v) is 5.16. The van der Waals surface area contributed by atoms with Crippen molar-refractivity contribution in [1.29, 1.82) is 0 Å². The summed E-state index contributed by atoms with van der Waals surface area (Å²) in [6.07, 6.45) is 8.43. The molecule has 1 heterocycles. The van der Waals surface area contributed by atoms with Crippen LogP contribution in [-0.2, 0) is 0 Å². The van der Waals surface area contributed by atoms with Crippen LogP contribution in [0.2, 0.25) is 0 Å². The number of rotatable bonds is 5. The molecule has 0 fully saturated rings. The van der Waals surface area contributed by atoms with Crippen LogP contribution < -0.4 is 15.9 Å². The van der Waals surface area contributed by atoms with Crippen LogP contribution in [0.15, 0.2) is 40.2 Å². The summed E-state index contributed by atoms with van der Waals surface area (Å²) in [5.41, 5.74) is 3.49. The Hall–Kier alpha value is -1.74. The molecule has 1 rings (SSSR count). The van der Waals surface area contributed by atoms with Crippen molar-refractivity contribution in [3.05, 3.63) is 50.8 Å². The zero-order valence-electron chi connectivity index (χ0n) is 12.5. The van der Waals surface area contributed by atoms with Crippen LogP contribution in [-0.4, -0.2) is 17.2 Å². The van der Waals surface area contributed by atoms with Crippen LogP contribution in [0.1, 0.15) is 27.2 Å². The topological polar surface area (TPSA) is 40.7 Å². The Morgan fingerprint density at radius 3 is 2.65 bits per heavy atom. The fraction of sp³-hybridized carbons (Fsp3) is 0.312. The molecule has 1 aromatic heterocycles. The van der Waals surface area contributed by atoms with E-state index in [0.717, 1.165) is 33.2 Å². The maximum Gasteiger partial charge on any atom is 0.0647 e. The highest BCUT2D eigenvalue weighted by atomic mass is 35.5. The van der Waals surface area contributed by atoms with Crippen LogP contribution in [0.4, 0.5) is 0 Å². The molecule has 0 spiro atoms. The number of nitrogens with zero attached hydrogens (tertiary/aromatic N) is 1. The second-order valence-electron chi connectivity index (χ2n) is 4.75. The first-order valence-corrected chi connectivity index (χ1v) is 6.92. The second kappa shape index (κ2) is 7.75. The Balaban J connectivity index is 3.12. The van der Waals surface area contributed by atoms with E-state index in [0.29, 0.717) is 0 Å². The predicted molar refractivity (Wildman–Crippen MR) is 87.6 cm³/mol. The van der Waals surface area contributed by atoms with Crippen LogP contribution in [0, 0.1) is 0 Å². The van der Waals surface area contributed by atoms with Gasteiger partial charge in [0.15, 0.2) is 0 Å². The molecule has 3 nitrogen and oxygen atoms in total. The van der Waals surface area contributed by atoms with E-state index in [-0.39, 0.29) is 0 Å². The SMILES string of the molecule is C=c1cn[nH]/c1=C/C(=C\C)CC(=C(C)C)/C(Cl)=C\NC. The zero-order chi connectivity index (χ0) is 15.1. The number of hydrogen-bond acceptors (Lipinski definition) is 2. The van der Waals surface area contributed by atoms with Gasteiger partial charge in [-0.25, -0.2) is 0 Å². The predicted octanol–water partition coefficient (Wildman–Crippen LogP) is 2.57. The molecule has 0 saturated carbocycles. The Morgan fingerprint density at radius 1 is 1.50 bits per heavy atom. The molecule has 0 aliphatic heterocycles. The third-order valence-corrected chi connectivity index (χ3v) is 3.33. The molecule has 0 radical (unpaired) electrons. The summed E-state index contributed by atoms with van der Waals surface area (Å²) in [5, 5.41) is 12.4. The quantitative estimate of drug-likeness (QED) is 0.819. The normalized spacial score (nSPS) is 13.6. The first kappa shape index (κ1) is 16.3. The molecule has 0 aliphatic rings. The van der Waals surface area contributed by atoms with Gasteiger partial charge >= 0.3 is 0 Å². The minimum Gasteiger partial charge on any atom is -0.393 e. The number of hydrogen-bond donors (Lipinski definition) is 2. The molecule has 0 unspecified atom stereocenters. The van der Waals surface area contributed by atoms with Gasteiger partial charge in [0.25, 0.3) is 0 Å². The number of allylic oxidation sites excluding steroid dienone is 5. The molecule has 0 atom stereocenters. The summed E-state index contributed by atoms with van der Waals surface area (Å²) in [4.78, 5) is 0. The molecule has 0 aromatic carbocycles. The van der Waals surface area contributed by atoms with Gasteiger partial charge < -0.3 is 5.32 Å². The first-order valence-electron chi connectivity index (χ1n) is 6.54. The Morgan fingerprint density at radius 2 is 2.20 bits per heavy atom. The monoisotopic (exact) mass is 291 g/mol. The number of nitrogens with one attached hydrogen (secondary N) is 2. The van der Waals surface area contributed by atoms with E-state index in [2.05, 4.69) is 48.1 Å². The molecule has 0 aliphatic carbocycles. The zero-order valence-corrected chi connectivity index (χ0v) is 13.3. The molecular weight excluding hydrogens is 270 g/mol. The lowest BCUT2D eigenvalue weighted by Gasteiger charge is -2.10. The average Bonchev–Trinajstić information content (AvgIpc) is 2.79. The minimum atomic E-state index is 0.736. The number of aromatic amines is 1. The fourth-order valence-corrected chi connectivity index (χ4v) is 2.15. The largest absolute Gasteiger partial charge is 0.393 e. The van der Waals surface area contributed by atoms with Gasteiger partial charge in [0.2, 0.25) is 0 Å². The Labute approximate surface area is 125 Å². The van der Waals surface area contributed by atoms with Gasteiger partial charge in [-0.1, -0.05) is 29.8 Å². The number of halogens is 1. The fourth-order valence-electron chi connectivity index (χ4n) is 1.79. The molecule has 108 valence electrons. The van der Waals surface area contributed by atoms with Crippen molar-refractivity contribution in [2.45, 2.75) is 27.2 Å². The first-order chi connectivity index (χ1) is 9.49. The van der Waals surface area contributed by atoms with E-state index in [1.807, 2.05) is 14.0 Å². The standard InChI is InChI=1S/C16H22ClN3/c1-6-13(8-16-12(4)9-19-20-16)7-14(11(2)3)15(17)10-18-5/h6,8-10,18,20H,4,7H2,1-3,5H3/b13-6-,15-10+,16-8+. The Kier molecular flexibility index (Phi) is 6.32. The third-order valence-electron chi connectivity index (χ3n) is 3.00. The van der Waals surface area contributed by atoms with Crippen molar-refractivity contribution in [1.82, 2.24) is 15.5 Å². The smallest absolute Gasteiger partial charge is 0.0647 e. The maximum absolute atomic E-state index is 6.32. The van der Waals surface area contributed by atoms with Gasteiger partial charge in [-0.3, -0.25) is 5.10 Å². The van der Waals surface area contributed by atoms with Gasteiger partial charge in [-0.05, 0) is 44.4 Å². The summed E-state index contributed by atoms with van der Waals surface area (Å²) >= 11 is 6.32. The van der Waals surface area contributed by atoms with Crippen molar-refractivity contribution in [3.63, 3.8) is 0 Å². The van der Waals surface area contributed by atoms with E-state index in [9.17, 15) is 0 Å². The molecule has 0 bridgehead atoms. The van der Waals surface area contributed by atoms with Crippen molar-refractivity contribution >= 4 is 24.3 Å². The van der Waals surface area contributed by atoms with E-state index in [1.54, 1.807) is 12.4 Å². The highest BCUT2D eigenvalue weighted by Crippen LogP contribution is 2.25. The molecule has 0 amide bonds. The van der Waals surface area contributed by atoms with Crippen LogP contribution in [0.3, 0.4) is 0 Å². The molecule has 1 aromatic rings. The van der Waals surface area contributed by atoms with Crippen molar-refractivity contribution in [3.8, 4) is 0 Å². The van der Waals surface area contributed by atoms with Gasteiger partial charge in [0.1, 0.15) is 0 Å². The van der Waals surface area contributed by atoms with Crippen molar-refractivity contribution in [2.75, 3.05) is 7.05 Å². The summed E-state index contributed by atoms with van der Waals surface area (Å²) in [7, 11) is 1.84. The van der Waals surface area contributed by atoms with Gasteiger partial charge in [0, 0.05) is 18.5 Å². The van der Waals surface area contributed by atoms with E-state index >= 15 is 0 Å². The van der Waals surface area contributed by atoms with Crippen molar-refractivity contribution in [2.24, 2.45) is 0 Å². The van der Waals surface area contributed by atoms with Gasteiger partial charge in [-0.15, -0.1) is 0 Å². The van der Waals surface area contributed by atoms with Crippen LogP contribution in [0.25, 0.3) is 12.7 Å². The molecule has 20 heavy (non-hydrogen) atoms. The van der Waals surface area contributed by atoms with E-state index in [4.69, 9.17) is 11.6 Å². The van der Waals surface area contributed by atoms with Gasteiger partial charge in [0.05, 0.1) is 16.6 Å². The lowest BCUT2D eigenvalue weighted by molar-refractivity contribution is 1.05. The average molecular weight is 292 g/mol. The highest BCUT2D eigenvalue weighted by molar-refractivity contribution is 6.32. The Bertz CT molecular complexity index is 644. The van der Waals surface area contributed by atoms with Gasteiger partial charge in [-0.2, -0.15) is 5.10 Å². The van der Waals surface area contributed by atoms with E-state index in [1.165, 1.54) is 5.57 Å². The summed E-state index contributed by atoms with van der Waals surface area (Å²) < 4.78 is 0. The minimum absolute atomic E-state index is 0.736. The molecule has 0 saturated heterocycles. The van der Waals surface area contributed by atoms with Crippen LogP contribution in [0.5, 0.6) is 0 Å². The molecule has 2 N–H and O–H groups in total. The number of aromatic nitrogens is 2. The maximum atomic E-state index is 6.32. The highest BCUT2D eigenvalue weighted by Gasteiger charge is 2.07. The molecule has 4 heteroatoms. The summed E-state index contributed by atoms with van der Waals surface area (Å²) in [5.74, 6) is 0. The molecular formula is C16H22ClN3. The lowest BCUT2D eigenvalue weighted by atomic mass is 10.0. The van der Waals surface area contributed by atoms with E-state index < -0.39 is 0 Å². The number of H-pyrrole nitrogens is 1. The third kappa shape index (κ3) is 4.42.